The van der Waals surface area contributed by atoms with Gasteiger partial charge in [-0.15, -0.1) is 0 Å². The van der Waals surface area contributed by atoms with Gasteiger partial charge in [-0.1, -0.05) is 60.7 Å². The Hall–Kier alpha value is -2.21. The van der Waals surface area contributed by atoms with Crippen molar-refractivity contribution in [2.75, 3.05) is 27.2 Å². The van der Waals surface area contributed by atoms with Crippen LogP contribution in [0.3, 0.4) is 0 Å². The number of carbonyl (C=O) groups excluding carboxylic acids is 1. The number of likely N-dealkylation sites (N-methyl/N-ethyl adjacent to an activating group) is 1. The summed E-state index contributed by atoms with van der Waals surface area (Å²) in [5, 5.41) is 10.3. The molecular formula is C24H33N3O2. The van der Waals surface area contributed by atoms with Gasteiger partial charge in [-0.25, -0.2) is 0 Å². The van der Waals surface area contributed by atoms with Crippen LogP contribution in [0.15, 0.2) is 60.7 Å². The highest BCUT2D eigenvalue weighted by Gasteiger charge is 2.45. The maximum Gasteiger partial charge on any atom is 0.237 e. The topological polar surface area (TPSA) is 69.8 Å². The Morgan fingerprint density at radius 2 is 1.66 bits per heavy atom. The average molecular weight is 396 g/mol. The second-order valence-corrected chi connectivity index (χ2v) is 8.40. The number of rotatable bonds is 6. The standard InChI is InChI=1S/C24H33N3O2/c1-18(27-15-14-21(25)22(28)17-27)16-24(23(29)26(2)3,19-10-6-4-7-11-19)20-12-8-5-9-13-20/h4-13,18,21-22,28H,14-17,25H2,1-3H3/t18?,21-,22-/m1/s1. The molecule has 0 bridgehead atoms. The molecule has 0 aliphatic carbocycles. The summed E-state index contributed by atoms with van der Waals surface area (Å²) in [5.74, 6) is 0.0657. The van der Waals surface area contributed by atoms with E-state index < -0.39 is 11.5 Å². The zero-order valence-electron chi connectivity index (χ0n) is 17.7. The lowest BCUT2D eigenvalue weighted by atomic mass is 9.69. The van der Waals surface area contributed by atoms with Crippen LogP contribution < -0.4 is 5.73 Å². The van der Waals surface area contributed by atoms with Crippen molar-refractivity contribution in [2.45, 2.75) is 43.4 Å². The summed E-state index contributed by atoms with van der Waals surface area (Å²) >= 11 is 0. The first-order valence-electron chi connectivity index (χ1n) is 10.4. The molecule has 1 heterocycles. The van der Waals surface area contributed by atoms with Crippen LogP contribution in [0, 0.1) is 0 Å². The first-order chi connectivity index (χ1) is 13.9. The van der Waals surface area contributed by atoms with E-state index in [-0.39, 0.29) is 18.0 Å². The number of likely N-dealkylation sites (tertiary alicyclic amines) is 1. The molecule has 3 atom stereocenters. The van der Waals surface area contributed by atoms with E-state index >= 15 is 0 Å². The highest BCUT2D eigenvalue weighted by molar-refractivity contribution is 5.92. The van der Waals surface area contributed by atoms with Gasteiger partial charge in [-0.3, -0.25) is 9.69 Å². The summed E-state index contributed by atoms with van der Waals surface area (Å²) in [6.45, 7) is 3.51. The number of aliphatic hydroxyl groups excluding tert-OH is 1. The molecule has 1 aliphatic rings. The third-order valence-corrected chi connectivity index (χ3v) is 6.19. The highest BCUT2D eigenvalue weighted by atomic mass is 16.3. The minimum atomic E-state index is -0.796. The van der Waals surface area contributed by atoms with Gasteiger partial charge in [0.2, 0.25) is 5.91 Å². The average Bonchev–Trinajstić information content (AvgIpc) is 2.74. The van der Waals surface area contributed by atoms with Crippen LogP contribution in [-0.4, -0.2) is 66.2 Å². The van der Waals surface area contributed by atoms with Crippen molar-refractivity contribution in [2.24, 2.45) is 5.73 Å². The number of carbonyl (C=O) groups is 1. The van der Waals surface area contributed by atoms with Gasteiger partial charge in [0.15, 0.2) is 0 Å². The summed E-state index contributed by atoms with van der Waals surface area (Å²) in [6, 6.07) is 20.0. The fourth-order valence-electron chi connectivity index (χ4n) is 4.51. The summed E-state index contributed by atoms with van der Waals surface area (Å²) in [6.07, 6.45) is 0.857. The number of nitrogens with zero attached hydrogens (tertiary/aromatic N) is 2. The first-order valence-corrected chi connectivity index (χ1v) is 10.4. The van der Waals surface area contributed by atoms with Crippen molar-refractivity contribution in [1.29, 1.82) is 0 Å². The van der Waals surface area contributed by atoms with Gasteiger partial charge in [0.25, 0.3) is 0 Å². The molecule has 0 spiro atoms. The minimum absolute atomic E-state index is 0.0657. The second-order valence-electron chi connectivity index (χ2n) is 8.40. The Morgan fingerprint density at radius 1 is 1.14 bits per heavy atom. The molecule has 156 valence electrons. The predicted molar refractivity (Wildman–Crippen MR) is 117 cm³/mol. The van der Waals surface area contributed by atoms with E-state index in [9.17, 15) is 9.90 Å². The fourth-order valence-corrected chi connectivity index (χ4v) is 4.51. The van der Waals surface area contributed by atoms with E-state index in [2.05, 4.69) is 11.8 Å². The SMILES string of the molecule is CC(CC(C(=O)N(C)C)(c1ccccc1)c1ccccc1)N1CC[C@@H](N)[C@H](O)C1. The molecule has 2 aromatic rings. The van der Waals surface area contributed by atoms with Gasteiger partial charge in [0.05, 0.1) is 6.10 Å². The van der Waals surface area contributed by atoms with Crippen LogP contribution in [0.25, 0.3) is 0 Å². The predicted octanol–water partition coefficient (Wildman–Crippen LogP) is 2.23. The first kappa shape index (κ1) is 21.5. The zero-order valence-corrected chi connectivity index (χ0v) is 17.7. The third kappa shape index (κ3) is 4.37. The maximum absolute atomic E-state index is 13.7. The highest BCUT2D eigenvalue weighted by Crippen LogP contribution is 2.39. The molecule has 1 saturated heterocycles. The van der Waals surface area contributed by atoms with Crippen LogP contribution in [0.2, 0.25) is 0 Å². The smallest absolute Gasteiger partial charge is 0.237 e. The van der Waals surface area contributed by atoms with E-state index in [1.807, 2.05) is 74.8 Å². The van der Waals surface area contributed by atoms with Crippen LogP contribution in [0.4, 0.5) is 0 Å². The van der Waals surface area contributed by atoms with Gasteiger partial charge in [-0.05, 0) is 30.9 Å². The molecule has 1 unspecified atom stereocenters. The summed E-state index contributed by atoms with van der Waals surface area (Å²) < 4.78 is 0. The Morgan fingerprint density at radius 3 is 2.10 bits per heavy atom. The molecule has 5 heteroatoms. The van der Waals surface area contributed by atoms with E-state index in [1.54, 1.807) is 4.90 Å². The third-order valence-electron chi connectivity index (χ3n) is 6.19. The molecule has 0 aromatic heterocycles. The quantitative estimate of drug-likeness (QED) is 0.787. The molecule has 1 amide bonds. The largest absolute Gasteiger partial charge is 0.390 e. The lowest BCUT2D eigenvalue weighted by molar-refractivity contribution is -0.134. The van der Waals surface area contributed by atoms with Gasteiger partial charge in [0.1, 0.15) is 5.41 Å². The molecule has 3 N–H and O–H groups in total. The van der Waals surface area contributed by atoms with Crippen LogP contribution in [-0.2, 0) is 10.2 Å². The number of hydrogen-bond acceptors (Lipinski definition) is 4. The molecule has 5 nitrogen and oxygen atoms in total. The Kier molecular flexibility index (Phi) is 6.73. The number of hydrogen-bond donors (Lipinski definition) is 2. The van der Waals surface area contributed by atoms with Crippen molar-refractivity contribution in [3.05, 3.63) is 71.8 Å². The van der Waals surface area contributed by atoms with Crippen molar-refractivity contribution >= 4 is 5.91 Å². The van der Waals surface area contributed by atoms with Gasteiger partial charge in [0, 0.05) is 39.3 Å². The molecule has 29 heavy (non-hydrogen) atoms. The fraction of sp³-hybridized carbons (Fsp3) is 0.458. The summed E-state index contributed by atoms with van der Waals surface area (Å²) in [4.78, 5) is 17.7. The van der Waals surface area contributed by atoms with Gasteiger partial charge in [-0.2, -0.15) is 0 Å². The van der Waals surface area contributed by atoms with E-state index in [0.717, 1.165) is 24.1 Å². The van der Waals surface area contributed by atoms with E-state index in [0.29, 0.717) is 13.0 Å². The van der Waals surface area contributed by atoms with Crippen molar-refractivity contribution in [1.82, 2.24) is 9.80 Å². The molecular weight excluding hydrogens is 362 g/mol. The van der Waals surface area contributed by atoms with Crippen LogP contribution in [0.1, 0.15) is 30.9 Å². The molecule has 2 aromatic carbocycles. The zero-order chi connectivity index (χ0) is 21.0. The van der Waals surface area contributed by atoms with Crippen molar-refractivity contribution < 1.29 is 9.90 Å². The van der Waals surface area contributed by atoms with Crippen LogP contribution >= 0.6 is 0 Å². The second kappa shape index (κ2) is 9.08. The number of nitrogens with two attached hydrogens (primary N) is 1. The molecule has 0 radical (unpaired) electrons. The lowest BCUT2D eigenvalue weighted by Crippen LogP contribution is -2.55. The number of aliphatic hydroxyl groups is 1. The summed E-state index contributed by atoms with van der Waals surface area (Å²) in [7, 11) is 3.63. The van der Waals surface area contributed by atoms with Gasteiger partial charge < -0.3 is 15.7 Å². The maximum atomic E-state index is 13.7. The monoisotopic (exact) mass is 395 g/mol. The Bertz CT molecular complexity index is 755. The number of amides is 1. The van der Waals surface area contributed by atoms with Gasteiger partial charge >= 0.3 is 0 Å². The number of benzene rings is 2. The van der Waals surface area contributed by atoms with Crippen molar-refractivity contribution in [3.63, 3.8) is 0 Å². The molecule has 1 fully saturated rings. The number of piperidine rings is 1. The Labute approximate surface area is 174 Å². The normalized spacial score (nSPS) is 21.6. The Balaban J connectivity index is 2.06. The van der Waals surface area contributed by atoms with E-state index in [1.165, 1.54) is 0 Å². The summed E-state index contributed by atoms with van der Waals surface area (Å²) in [5.41, 5.74) is 7.19. The van der Waals surface area contributed by atoms with Crippen LogP contribution in [0.5, 0.6) is 0 Å². The molecule has 1 aliphatic heterocycles. The minimum Gasteiger partial charge on any atom is -0.390 e. The van der Waals surface area contributed by atoms with Crippen molar-refractivity contribution in [3.8, 4) is 0 Å². The molecule has 3 rings (SSSR count). The number of β-amino-alcohol motifs (C(OH)–C–C–N with tert-alkyl or cyclic N) is 1. The molecule has 0 saturated carbocycles. The lowest BCUT2D eigenvalue weighted by Gasteiger charge is -2.43. The van der Waals surface area contributed by atoms with E-state index in [4.69, 9.17) is 5.73 Å².